The topological polar surface area (TPSA) is 76.1 Å². The SMILES string of the molecule is CC(C)(C)OC(=O)N1C(C(=O)O)C[C@@H]2OCC[C@@H]21. The van der Waals surface area contributed by atoms with E-state index in [2.05, 4.69) is 0 Å². The summed E-state index contributed by atoms with van der Waals surface area (Å²) in [6.45, 7) is 5.86. The van der Waals surface area contributed by atoms with Crippen molar-refractivity contribution in [1.29, 1.82) is 0 Å². The van der Waals surface area contributed by atoms with E-state index < -0.39 is 23.7 Å². The van der Waals surface area contributed by atoms with Crippen molar-refractivity contribution in [2.75, 3.05) is 6.61 Å². The van der Waals surface area contributed by atoms with Gasteiger partial charge in [-0.3, -0.25) is 4.90 Å². The number of amides is 1. The Labute approximate surface area is 106 Å². The lowest BCUT2D eigenvalue weighted by atomic mass is 10.1. The first kappa shape index (κ1) is 13.1. The van der Waals surface area contributed by atoms with Gasteiger partial charge in [0.1, 0.15) is 11.6 Å². The minimum Gasteiger partial charge on any atom is -0.480 e. The van der Waals surface area contributed by atoms with Crippen molar-refractivity contribution in [2.45, 2.75) is 57.4 Å². The Morgan fingerprint density at radius 3 is 2.61 bits per heavy atom. The first-order valence-corrected chi connectivity index (χ1v) is 6.15. The molecule has 1 unspecified atom stereocenters. The van der Waals surface area contributed by atoms with E-state index in [0.29, 0.717) is 19.4 Å². The summed E-state index contributed by atoms with van der Waals surface area (Å²) in [6, 6.07) is -1.00. The smallest absolute Gasteiger partial charge is 0.411 e. The molecule has 2 heterocycles. The first-order valence-electron chi connectivity index (χ1n) is 6.15. The van der Waals surface area contributed by atoms with Gasteiger partial charge in [-0.2, -0.15) is 0 Å². The van der Waals surface area contributed by atoms with E-state index >= 15 is 0 Å². The van der Waals surface area contributed by atoms with Crippen LogP contribution in [0, 0.1) is 0 Å². The van der Waals surface area contributed by atoms with Crippen LogP contribution in [0.25, 0.3) is 0 Å². The van der Waals surface area contributed by atoms with E-state index in [0.717, 1.165) is 0 Å². The highest BCUT2D eigenvalue weighted by atomic mass is 16.6. The van der Waals surface area contributed by atoms with Crippen LogP contribution in [-0.4, -0.2) is 52.5 Å². The third-order valence-electron chi connectivity index (χ3n) is 3.21. The van der Waals surface area contributed by atoms with Crippen molar-refractivity contribution < 1.29 is 24.2 Å². The van der Waals surface area contributed by atoms with Crippen LogP contribution in [-0.2, 0) is 14.3 Å². The second-order valence-corrected chi connectivity index (χ2v) is 5.74. The molecule has 102 valence electrons. The summed E-state index contributed by atoms with van der Waals surface area (Å²) in [4.78, 5) is 24.6. The van der Waals surface area contributed by atoms with Crippen LogP contribution in [0.3, 0.4) is 0 Å². The summed E-state index contributed by atoms with van der Waals surface area (Å²) in [7, 11) is 0. The second kappa shape index (κ2) is 4.42. The largest absolute Gasteiger partial charge is 0.480 e. The number of fused-ring (bicyclic) bond motifs is 1. The van der Waals surface area contributed by atoms with Gasteiger partial charge in [-0.15, -0.1) is 0 Å². The fraction of sp³-hybridized carbons (Fsp3) is 0.833. The third-order valence-corrected chi connectivity index (χ3v) is 3.21. The second-order valence-electron chi connectivity index (χ2n) is 5.74. The van der Waals surface area contributed by atoms with E-state index in [1.807, 2.05) is 0 Å². The molecule has 1 amide bonds. The fourth-order valence-electron chi connectivity index (χ4n) is 2.54. The average molecular weight is 257 g/mol. The molecule has 2 aliphatic rings. The highest BCUT2D eigenvalue weighted by Crippen LogP contribution is 2.34. The van der Waals surface area contributed by atoms with E-state index in [4.69, 9.17) is 9.47 Å². The van der Waals surface area contributed by atoms with Gasteiger partial charge in [0.05, 0.1) is 12.1 Å². The molecule has 0 bridgehead atoms. The zero-order chi connectivity index (χ0) is 13.5. The van der Waals surface area contributed by atoms with Crippen LogP contribution in [0.5, 0.6) is 0 Å². The van der Waals surface area contributed by atoms with Crippen molar-refractivity contribution in [2.24, 2.45) is 0 Å². The Bertz CT molecular complexity index is 362. The predicted octanol–water partition coefficient (Wildman–Crippen LogP) is 1.24. The van der Waals surface area contributed by atoms with Crippen LogP contribution in [0.2, 0.25) is 0 Å². The summed E-state index contributed by atoms with van der Waals surface area (Å²) in [6.07, 6.45) is 0.291. The molecule has 6 heteroatoms. The molecule has 0 aromatic carbocycles. The summed E-state index contributed by atoms with van der Waals surface area (Å²) < 4.78 is 10.7. The van der Waals surface area contributed by atoms with Crippen molar-refractivity contribution in [3.63, 3.8) is 0 Å². The predicted molar refractivity (Wildman–Crippen MR) is 62.3 cm³/mol. The third kappa shape index (κ3) is 2.43. The molecule has 3 atom stereocenters. The number of carbonyl (C=O) groups excluding carboxylic acids is 1. The summed E-state index contributed by atoms with van der Waals surface area (Å²) in [5.41, 5.74) is -0.627. The van der Waals surface area contributed by atoms with Gasteiger partial charge in [0, 0.05) is 13.0 Å². The molecule has 2 rings (SSSR count). The van der Waals surface area contributed by atoms with E-state index in [9.17, 15) is 14.7 Å². The van der Waals surface area contributed by atoms with Crippen LogP contribution in [0.4, 0.5) is 4.79 Å². The number of aliphatic carboxylic acids is 1. The first-order chi connectivity index (χ1) is 8.29. The lowest BCUT2D eigenvalue weighted by Gasteiger charge is -2.30. The number of carbonyl (C=O) groups is 2. The van der Waals surface area contributed by atoms with Crippen molar-refractivity contribution in [1.82, 2.24) is 4.90 Å². The van der Waals surface area contributed by atoms with Crippen molar-refractivity contribution in [3.05, 3.63) is 0 Å². The van der Waals surface area contributed by atoms with E-state index in [-0.39, 0.29) is 12.1 Å². The van der Waals surface area contributed by atoms with Gasteiger partial charge in [-0.05, 0) is 27.2 Å². The number of likely N-dealkylation sites (tertiary alicyclic amines) is 1. The maximum Gasteiger partial charge on any atom is 0.411 e. The van der Waals surface area contributed by atoms with Crippen LogP contribution >= 0.6 is 0 Å². The van der Waals surface area contributed by atoms with Gasteiger partial charge in [0.15, 0.2) is 0 Å². The highest BCUT2D eigenvalue weighted by molar-refractivity contribution is 5.81. The van der Waals surface area contributed by atoms with E-state index in [1.165, 1.54) is 4.90 Å². The Kier molecular flexibility index (Phi) is 3.23. The summed E-state index contributed by atoms with van der Waals surface area (Å²) >= 11 is 0. The summed E-state index contributed by atoms with van der Waals surface area (Å²) in [5.74, 6) is -1.00. The van der Waals surface area contributed by atoms with Gasteiger partial charge in [0.25, 0.3) is 0 Å². The normalized spacial score (nSPS) is 31.3. The Morgan fingerprint density at radius 1 is 1.39 bits per heavy atom. The number of rotatable bonds is 1. The Morgan fingerprint density at radius 2 is 2.06 bits per heavy atom. The lowest BCUT2D eigenvalue weighted by Crippen LogP contribution is -2.47. The highest BCUT2D eigenvalue weighted by Gasteiger charge is 2.51. The maximum atomic E-state index is 12.1. The summed E-state index contributed by atoms with van der Waals surface area (Å²) in [5, 5.41) is 9.18. The minimum absolute atomic E-state index is 0.166. The molecule has 0 aromatic rings. The average Bonchev–Trinajstić information content (AvgIpc) is 2.70. The van der Waals surface area contributed by atoms with Crippen LogP contribution in [0.1, 0.15) is 33.6 Å². The van der Waals surface area contributed by atoms with Gasteiger partial charge in [0.2, 0.25) is 0 Å². The molecule has 0 aliphatic carbocycles. The molecule has 0 spiro atoms. The zero-order valence-corrected chi connectivity index (χ0v) is 10.9. The van der Waals surface area contributed by atoms with Crippen molar-refractivity contribution >= 4 is 12.1 Å². The van der Waals surface area contributed by atoms with Gasteiger partial charge >= 0.3 is 12.1 Å². The molecule has 18 heavy (non-hydrogen) atoms. The standard InChI is InChI=1S/C12H19NO5/c1-12(2,3)18-11(16)13-7-4-5-17-9(7)6-8(13)10(14)15/h7-9H,4-6H2,1-3H3,(H,14,15)/t7-,8?,9-/m0/s1. The monoisotopic (exact) mass is 257 g/mol. The number of hydrogen-bond acceptors (Lipinski definition) is 4. The maximum absolute atomic E-state index is 12.1. The molecule has 2 aliphatic heterocycles. The molecule has 2 saturated heterocycles. The van der Waals surface area contributed by atoms with E-state index in [1.54, 1.807) is 20.8 Å². The number of carboxylic acids is 1. The number of ether oxygens (including phenoxy) is 2. The molecule has 0 saturated carbocycles. The van der Waals surface area contributed by atoms with Crippen molar-refractivity contribution in [3.8, 4) is 0 Å². The molecule has 1 N–H and O–H groups in total. The number of carboxylic acid groups (broad SMARTS) is 1. The number of hydrogen-bond donors (Lipinski definition) is 1. The van der Waals surface area contributed by atoms with Gasteiger partial charge in [-0.25, -0.2) is 9.59 Å². The molecular weight excluding hydrogens is 238 g/mol. The molecule has 6 nitrogen and oxygen atoms in total. The molecule has 0 radical (unpaired) electrons. The quantitative estimate of drug-likeness (QED) is 0.764. The van der Waals surface area contributed by atoms with Gasteiger partial charge < -0.3 is 14.6 Å². The molecule has 2 fully saturated rings. The van der Waals surface area contributed by atoms with Gasteiger partial charge in [-0.1, -0.05) is 0 Å². The number of nitrogens with zero attached hydrogens (tertiary/aromatic N) is 1. The Balaban J connectivity index is 2.16. The Hall–Kier alpha value is -1.30. The minimum atomic E-state index is -1.00. The zero-order valence-electron chi connectivity index (χ0n) is 10.9. The lowest BCUT2D eigenvalue weighted by molar-refractivity contribution is -0.142. The van der Waals surface area contributed by atoms with Crippen LogP contribution < -0.4 is 0 Å². The molecular formula is C12H19NO5. The molecule has 0 aromatic heterocycles. The fourth-order valence-corrected chi connectivity index (χ4v) is 2.54. The van der Waals surface area contributed by atoms with Crippen LogP contribution in [0.15, 0.2) is 0 Å².